The van der Waals surface area contributed by atoms with Gasteiger partial charge < -0.3 is 14.5 Å². The normalized spacial score (nSPS) is 27.0. The molecule has 1 fully saturated rings. The summed E-state index contributed by atoms with van der Waals surface area (Å²) in [5.41, 5.74) is 0. The van der Waals surface area contributed by atoms with E-state index < -0.39 is 0 Å². The van der Waals surface area contributed by atoms with Crippen molar-refractivity contribution in [3.8, 4) is 0 Å². The Morgan fingerprint density at radius 1 is 1.64 bits per heavy atom. The van der Waals surface area contributed by atoms with E-state index in [-0.39, 0.29) is 6.10 Å². The SMILES string of the molecule is CNCc1ncc(C2CCOC2C)o1. The van der Waals surface area contributed by atoms with Crippen molar-refractivity contribution in [1.82, 2.24) is 10.3 Å². The molecule has 1 N–H and O–H groups in total. The van der Waals surface area contributed by atoms with E-state index >= 15 is 0 Å². The van der Waals surface area contributed by atoms with Gasteiger partial charge in [0.25, 0.3) is 0 Å². The molecule has 0 saturated carbocycles. The van der Waals surface area contributed by atoms with Gasteiger partial charge in [-0.05, 0) is 20.4 Å². The maximum atomic E-state index is 5.62. The van der Waals surface area contributed by atoms with Crippen molar-refractivity contribution in [2.24, 2.45) is 0 Å². The number of aromatic nitrogens is 1. The lowest BCUT2D eigenvalue weighted by molar-refractivity contribution is 0.115. The van der Waals surface area contributed by atoms with Gasteiger partial charge in [-0.25, -0.2) is 4.98 Å². The summed E-state index contributed by atoms with van der Waals surface area (Å²) in [6.07, 6.45) is 3.11. The van der Waals surface area contributed by atoms with Gasteiger partial charge in [-0.15, -0.1) is 0 Å². The summed E-state index contributed by atoms with van der Waals surface area (Å²) in [6.45, 7) is 3.59. The molecule has 2 rings (SSSR count). The van der Waals surface area contributed by atoms with E-state index in [2.05, 4.69) is 17.2 Å². The molecule has 2 heterocycles. The van der Waals surface area contributed by atoms with Gasteiger partial charge in [-0.1, -0.05) is 0 Å². The zero-order chi connectivity index (χ0) is 9.97. The van der Waals surface area contributed by atoms with Crippen LogP contribution < -0.4 is 5.32 Å². The van der Waals surface area contributed by atoms with Gasteiger partial charge in [0, 0.05) is 12.5 Å². The van der Waals surface area contributed by atoms with Crippen LogP contribution >= 0.6 is 0 Å². The molecule has 78 valence electrons. The van der Waals surface area contributed by atoms with E-state index in [9.17, 15) is 0 Å². The van der Waals surface area contributed by atoms with Crippen molar-refractivity contribution >= 4 is 0 Å². The molecule has 14 heavy (non-hydrogen) atoms. The first-order valence-corrected chi connectivity index (χ1v) is 5.02. The summed E-state index contributed by atoms with van der Waals surface area (Å²) in [5.74, 6) is 2.09. The molecule has 1 aliphatic rings. The third-order valence-corrected chi connectivity index (χ3v) is 2.64. The first kappa shape index (κ1) is 9.68. The smallest absolute Gasteiger partial charge is 0.208 e. The van der Waals surface area contributed by atoms with Crippen LogP contribution in [0.2, 0.25) is 0 Å². The van der Waals surface area contributed by atoms with Crippen LogP contribution in [-0.4, -0.2) is 24.7 Å². The molecular formula is C10H16N2O2. The molecule has 0 radical (unpaired) electrons. The lowest BCUT2D eigenvalue weighted by Gasteiger charge is -2.09. The minimum absolute atomic E-state index is 0.255. The van der Waals surface area contributed by atoms with Crippen molar-refractivity contribution in [3.63, 3.8) is 0 Å². The van der Waals surface area contributed by atoms with Gasteiger partial charge >= 0.3 is 0 Å². The highest BCUT2D eigenvalue weighted by Gasteiger charge is 2.28. The number of ether oxygens (including phenoxy) is 1. The molecule has 2 atom stereocenters. The van der Waals surface area contributed by atoms with Crippen molar-refractivity contribution in [3.05, 3.63) is 17.8 Å². The maximum absolute atomic E-state index is 5.62. The van der Waals surface area contributed by atoms with Gasteiger partial charge in [0.05, 0.1) is 18.8 Å². The van der Waals surface area contributed by atoms with E-state index in [1.165, 1.54) is 0 Å². The van der Waals surface area contributed by atoms with Gasteiger partial charge in [0.2, 0.25) is 5.89 Å². The van der Waals surface area contributed by atoms with Gasteiger partial charge in [-0.2, -0.15) is 0 Å². The van der Waals surface area contributed by atoms with Crippen LogP contribution in [0.25, 0.3) is 0 Å². The summed E-state index contributed by atoms with van der Waals surface area (Å²) in [5, 5.41) is 3.01. The first-order valence-electron chi connectivity index (χ1n) is 5.02. The predicted molar refractivity (Wildman–Crippen MR) is 52.0 cm³/mol. The van der Waals surface area contributed by atoms with Crippen LogP contribution in [0, 0.1) is 0 Å². The van der Waals surface area contributed by atoms with Crippen LogP contribution in [0.4, 0.5) is 0 Å². The van der Waals surface area contributed by atoms with Crippen LogP contribution in [0.3, 0.4) is 0 Å². The summed E-state index contributed by atoms with van der Waals surface area (Å²) >= 11 is 0. The first-order chi connectivity index (χ1) is 6.81. The molecular weight excluding hydrogens is 180 g/mol. The second-order valence-corrected chi connectivity index (χ2v) is 3.66. The number of oxazole rings is 1. The van der Waals surface area contributed by atoms with Crippen molar-refractivity contribution in [1.29, 1.82) is 0 Å². The van der Waals surface area contributed by atoms with Crippen LogP contribution in [-0.2, 0) is 11.3 Å². The third kappa shape index (κ3) is 1.81. The number of hydrogen-bond donors (Lipinski definition) is 1. The van der Waals surface area contributed by atoms with E-state index in [1.807, 2.05) is 13.2 Å². The lowest BCUT2D eigenvalue weighted by atomic mass is 10.0. The zero-order valence-electron chi connectivity index (χ0n) is 8.62. The van der Waals surface area contributed by atoms with E-state index in [4.69, 9.17) is 9.15 Å². The molecule has 0 bridgehead atoms. The highest BCUT2D eigenvalue weighted by atomic mass is 16.5. The maximum Gasteiger partial charge on any atom is 0.208 e. The lowest BCUT2D eigenvalue weighted by Crippen LogP contribution is -2.08. The van der Waals surface area contributed by atoms with E-state index in [1.54, 1.807) is 0 Å². The van der Waals surface area contributed by atoms with Gasteiger partial charge in [0.1, 0.15) is 5.76 Å². The number of nitrogens with zero attached hydrogens (tertiary/aromatic N) is 1. The average Bonchev–Trinajstić information content (AvgIpc) is 2.74. The highest BCUT2D eigenvalue weighted by Crippen LogP contribution is 2.31. The van der Waals surface area contributed by atoms with Crippen LogP contribution in [0.15, 0.2) is 10.6 Å². The van der Waals surface area contributed by atoms with E-state index in [0.717, 1.165) is 24.7 Å². The van der Waals surface area contributed by atoms with E-state index in [0.29, 0.717) is 12.5 Å². The number of nitrogens with one attached hydrogen (secondary N) is 1. The molecule has 0 aliphatic carbocycles. The topological polar surface area (TPSA) is 47.3 Å². The molecule has 2 unspecified atom stereocenters. The van der Waals surface area contributed by atoms with Crippen molar-refractivity contribution < 1.29 is 9.15 Å². The molecule has 1 aliphatic heterocycles. The predicted octanol–water partition coefficient (Wildman–Crippen LogP) is 1.29. The Bertz CT molecular complexity index is 298. The zero-order valence-corrected chi connectivity index (χ0v) is 8.62. The summed E-state index contributed by atoms with van der Waals surface area (Å²) in [4.78, 5) is 4.20. The summed E-state index contributed by atoms with van der Waals surface area (Å²) < 4.78 is 11.1. The fourth-order valence-corrected chi connectivity index (χ4v) is 1.83. The molecule has 1 saturated heterocycles. The molecule has 1 aromatic rings. The summed E-state index contributed by atoms with van der Waals surface area (Å²) in [7, 11) is 1.88. The summed E-state index contributed by atoms with van der Waals surface area (Å²) in [6, 6.07) is 0. The Morgan fingerprint density at radius 3 is 3.14 bits per heavy atom. The average molecular weight is 196 g/mol. The molecule has 4 heteroatoms. The second-order valence-electron chi connectivity index (χ2n) is 3.66. The highest BCUT2D eigenvalue weighted by molar-refractivity contribution is 5.05. The Hall–Kier alpha value is -0.870. The number of hydrogen-bond acceptors (Lipinski definition) is 4. The quantitative estimate of drug-likeness (QED) is 0.791. The largest absolute Gasteiger partial charge is 0.444 e. The van der Waals surface area contributed by atoms with Crippen LogP contribution in [0.5, 0.6) is 0 Å². The third-order valence-electron chi connectivity index (χ3n) is 2.64. The monoisotopic (exact) mass is 196 g/mol. The Labute approximate surface area is 83.7 Å². The minimum atomic E-state index is 0.255. The molecule has 1 aromatic heterocycles. The fraction of sp³-hybridized carbons (Fsp3) is 0.700. The Balaban J connectivity index is 2.08. The molecule has 4 nitrogen and oxygen atoms in total. The number of rotatable bonds is 3. The second kappa shape index (κ2) is 4.11. The fourth-order valence-electron chi connectivity index (χ4n) is 1.83. The van der Waals surface area contributed by atoms with Crippen LogP contribution in [0.1, 0.15) is 30.9 Å². The van der Waals surface area contributed by atoms with Crippen molar-refractivity contribution in [2.75, 3.05) is 13.7 Å². The standard InChI is InChI=1S/C10H16N2O2/c1-7-8(3-4-13-7)9-5-12-10(14-9)6-11-2/h5,7-8,11H,3-4,6H2,1-2H3. The molecule has 0 amide bonds. The Morgan fingerprint density at radius 2 is 2.50 bits per heavy atom. The Kier molecular flexibility index (Phi) is 2.84. The minimum Gasteiger partial charge on any atom is -0.444 e. The molecule has 0 aromatic carbocycles. The molecule has 0 spiro atoms. The van der Waals surface area contributed by atoms with Crippen molar-refractivity contribution in [2.45, 2.75) is 31.9 Å². The van der Waals surface area contributed by atoms with Gasteiger partial charge in [-0.3, -0.25) is 0 Å². The van der Waals surface area contributed by atoms with Gasteiger partial charge in [0.15, 0.2) is 0 Å².